The molecule has 0 aromatic heterocycles. The van der Waals surface area contributed by atoms with Gasteiger partial charge in [0, 0.05) is 26.6 Å². The van der Waals surface area contributed by atoms with Crippen LogP contribution in [0.5, 0.6) is 0 Å². The summed E-state index contributed by atoms with van der Waals surface area (Å²) in [6, 6.07) is 7.72. The van der Waals surface area contributed by atoms with Gasteiger partial charge >= 0.3 is 0 Å². The highest BCUT2D eigenvalue weighted by molar-refractivity contribution is 7.89. The second kappa shape index (κ2) is 10.2. The zero-order chi connectivity index (χ0) is 22.5. The summed E-state index contributed by atoms with van der Waals surface area (Å²) in [5.41, 5.74) is 6.56. The molecule has 0 fully saturated rings. The normalized spacial score (nSPS) is 11.5. The summed E-state index contributed by atoms with van der Waals surface area (Å²) >= 11 is 0. The Hall–Kier alpha value is -2.22. The molecule has 0 radical (unpaired) electrons. The third kappa shape index (κ3) is 5.47. The number of benzene rings is 2. The molecule has 0 unspecified atom stereocenters. The van der Waals surface area contributed by atoms with Crippen molar-refractivity contribution in [2.75, 3.05) is 13.7 Å². The van der Waals surface area contributed by atoms with E-state index in [9.17, 15) is 13.2 Å². The number of hydrogen-bond acceptors (Lipinski definition) is 4. The summed E-state index contributed by atoms with van der Waals surface area (Å²) in [4.78, 5) is 12.5. The maximum absolute atomic E-state index is 12.9. The molecule has 30 heavy (non-hydrogen) atoms. The maximum atomic E-state index is 12.9. The van der Waals surface area contributed by atoms with E-state index in [4.69, 9.17) is 4.74 Å². The molecular weight excluding hydrogens is 400 g/mol. The van der Waals surface area contributed by atoms with Gasteiger partial charge in [0.25, 0.3) is 0 Å². The first kappa shape index (κ1) is 24.1. The fraction of sp³-hybridized carbons (Fsp3) is 0.435. The number of sulfonamides is 1. The van der Waals surface area contributed by atoms with Crippen molar-refractivity contribution >= 4 is 15.9 Å². The van der Waals surface area contributed by atoms with Gasteiger partial charge < -0.3 is 10.1 Å². The lowest BCUT2D eigenvalue weighted by molar-refractivity contribution is -0.121. The molecule has 2 N–H and O–H groups in total. The Bertz CT molecular complexity index is 1000. The van der Waals surface area contributed by atoms with Gasteiger partial charge in [0.1, 0.15) is 0 Å². The highest BCUT2D eigenvalue weighted by Crippen LogP contribution is 2.29. The number of carbonyl (C=O) groups excluding carboxylic acids is 1. The van der Waals surface area contributed by atoms with E-state index in [0.29, 0.717) is 18.0 Å². The monoisotopic (exact) mass is 432 g/mol. The molecule has 0 bridgehead atoms. The summed E-state index contributed by atoms with van der Waals surface area (Å²) in [6.07, 6.45) is 0.0631. The van der Waals surface area contributed by atoms with Crippen LogP contribution in [0.3, 0.4) is 0 Å². The molecule has 1 amide bonds. The van der Waals surface area contributed by atoms with Gasteiger partial charge in [0.05, 0.1) is 11.5 Å². The lowest BCUT2D eigenvalue weighted by atomic mass is 9.95. The van der Waals surface area contributed by atoms with E-state index in [1.807, 2.05) is 58.9 Å². The van der Waals surface area contributed by atoms with Gasteiger partial charge in [-0.15, -0.1) is 0 Å². The van der Waals surface area contributed by atoms with Gasteiger partial charge in [-0.05, 0) is 73.6 Å². The average Bonchev–Trinajstić information content (AvgIpc) is 2.70. The van der Waals surface area contributed by atoms with Crippen LogP contribution in [0.2, 0.25) is 0 Å². The topological polar surface area (TPSA) is 84.5 Å². The Morgan fingerprint density at radius 1 is 0.900 bits per heavy atom. The largest absolute Gasteiger partial charge is 0.380 e. The predicted molar refractivity (Wildman–Crippen MR) is 119 cm³/mol. The molecule has 0 saturated carbocycles. The average molecular weight is 433 g/mol. The number of nitrogens with one attached hydrogen (secondary N) is 2. The number of methoxy groups -OCH3 is 1. The van der Waals surface area contributed by atoms with Gasteiger partial charge in [-0.2, -0.15) is 0 Å². The maximum Gasteiger partial charge on any atom is 0.241 e. The fourth-order valence-corrected chi connectivity index (χ4v) is 5.18. The second-order valence-electron chi connectivity index (χ2n) is 7.58. The minimum Gasteiger partial charge on any atom is -0.380 e. The van der Waals surface area contributed by atoms with Crippen molar-refractivity contribution in [2.45, 2.75) is 59.1 Å². The van der Waals surface area contributed by atoms with Gasteiger partial charge in [0.2, 0.25) is 15.9 Å². The molecule has 6 nitrogen and oxygen atoms in total. The van der Waals surface area contributed by atoms with Crippen molar-refractivity contribution in [3.05, 3.63) is 63.2 Å². The van der Waals surface area contributed by atoms with E-state index in [0.717, 1.165) is 38.9 Å². The van der Waals surface area contributed by atoms with Gasteiger partial charge in [-0.1, -0.05) is 24.3 Å². The molecule has 2 aromatic carbocycles. The minimum atomic E-state index is -3.71. The number of hydrogen-bond donors (Lipinski definition) is 2. The van der Waals surface area contributed by atoms with Crippen LogP contribution in [0.4, 0.5) is 0 Å². The SMILES string of the molecule is COCc1ccccc1CNC(=O)CCNS(=O)(=O)c1c(C)c(C)c(C)c(C)c1C. The first-order valence-electron chi connectivity index (χ1n) is 9.99. The highest BCUT2D eigenvalue weighted by atomic mass is 32.2. The van der Waals surface area contributed by atoms with E-state index >= 15 is 0 Å². The third-order valence-corrected chi connectivity index (χ3v) is 7.47. The third-order valence-electron chi connectivity index (χ3n) is 5.74. The van der Waals surface area contributed by atoms with Gasteiger partial charge in [-0.25, -0.2) is 13.1 Å². The molecule has 0 aliphatic carbocycles. The zero-order valence-corrected chi connectivity index (χ0v) is 19.5. The molecule has 0 aliphatic rings. The highest BCUT2D eigenvalue weighted by Gasteiger charge is 2.23. The predicted octanol–water partition coefficient (Wildman–Crippen LogP) is 3.36. The van der Waals surface area contributed by atoms with E-state index in [-0.39, 0.29) is 18.9 Å². The van der Waals surface area contributed by atoms with Crippen LogP contribution in [-0.2, 0) is 32.7 Å². The van der Waals surface area contributed by atoms with Crippen LogP contribution in [-0.4, -0.2) is 28.0 Å². The van der Waals surface area contributed by atoms with Crippen LogP contribution in [0.25, 0.3) is 0 Å². The van der Waals surface area contributed by atoms with Crippen molar-refractivity contribution in [1.29, 1.82) is 0 Å². The Morgan fingerprint density at radius 2 is 1.43 bits per heavy atom. The summed E-state index contributed by atoms with van der Waals surface area (Å²) < 4.78 is 33.6. The van der Waals surface area contributed by atoms with Crippen LogP contribution >= 0.6 is 0 Å². The van der Waals surface area contributed by atoms with Crippen molar-refractivity contribution < 1.29 is 17.9 Å². The molecule has 0 heterocycles. The molecular formula is C23H32N2O4S. The van der Waals surface area contributed by atoms with E-state index in [2.05, 4.69) is 10.0 Å². The quantitative estimate of drug-likeness (QED) is 0.636. The van der Waals surface area contributed by atoms with Gasteiger partial charge in [-0.3, -0.25) is 4.79 Å². The van der Waals surface area contributed by atoms with Crippen molar-refractivity contribution in [1.82, 2.24) is 10.0 Å². The summed E-state index contributed by atoms with van der Waals surface area (Å²) in [7, 11) is -2.08. The Balaban J connectivity index is 1.99. The van der Waals surface area contributed by atoms with Crippen molar-refractivity contribution in [2.24, 2.45) is 0 Å². The van der Waals surface area contributed by atoms with Crippen LogP contribution < -0.4 is 10.0 Å². The van der Waals surface area contributed by atoms with E-state index < -0.39 is 10.0 Å². The minimum absolute atomic E-state index is 0.0404. The lowest BCUT2D eigenvalue weighted by Crippen LogP contribution is -2.31. The number of carbonyl (C=O) groups is 1. The Labute approximate surface area is 180 Å². The first-order chi connectivity index (χ1) is 14.1. The molecule has 0 aliphatic heterocycles. The fourth-order valence-electron chi connectivity index (χ4n) is 3.55. The summed E-state index contributed by atoms with van der Waals surface area (Å²) in [6.45, 7) is 10.4. The summed E-state index contributed by atoms with van der Waals surface area (Å²) in [5, 5.41) is 2.84. The molecule has 0 spiro atoms. The Morgan fingerprint density at radius 3 is 2.00 bits per heavy atom. The Kier molecular flexibility index (Phi) is 8.18. The molecule has 2 aromatic rings. The molecule has 2 rings (SSSR count). The van der Waals surface area contributed by atoms with Crippen LogP contribution in [0, 0.1) is 34.6 Å². The molecule has 0 atom stereocenters. The molecule has 7 heteroatoms. The molecule has 164 valence electrons. The molecule has 0 saturated heterocycles. The van der Waals surface area contributed by atoms with Crippen LogP contribution in [0.15, 0.2) is 29.2 Å². The van der Waals surface area contributed by atoms with Gasteiger partial charge in [0.15, 0.2) is 0 Å². The lowest BCUT2D eigenvalue weighted by Gasteiger charge is -2.19. The van der Waals surface area contributed by atoms with E-state index in [1.54, 1.807) is 7.11 Å². The second-order valence-corrected chi connectivity index (χ2v) is 9.28. The number of rotatable bonds is 9. The summed E-state index contributed by atoms with van der Waals surface area (Å²) in [5.74, 6) is -0.213. The zero-order valence-electron chi connectivity index (χ0n) is 18.7. The first-order valence-corrected chi connectivity index (χ1v) is 11.5. The van der Waals surface area contributed by atoms with E-state index in [1.165, 1.54) is 0 Å². The standard InChI is InChI=1S/C23H32N2O4S/c1-15-16(2)18(4)23(19(5)17(15)3)30(27,28)25-12-11-22(26)24-13-20-9-7-8-10-21(20)14-29-6/h7-10,25H,11-14H2,1-6H3,(H,24,26). The van der Waals surface area contributed by atoms with Crippen molar-refractivity contribution in [3.63, 3.8) is 0 Å². The number of amides is 1. The smallest absolute Gasteiger partial charge is 0.241 e. The number of ether oxygens (including phenoxy) is 1. The van der Waals surface area contributed by atoms with Crippen LogP contribution in [0.1, 0.15) is 45.4 Å². The van der Waals surface area contributed by atoms with Crippen molar-refractivity contribution in [3.8, 4) is 0 Å².